The molecule has 1 N–H and O–H groups in total. The Labute approximate surface area is 140 Å². The normalized spacial score (nSPS) is 18.1. The van der Waals surface area contributed by atoms with Gasteiger partial charge in [0.25, 0.3) is 0 Å². The van der Waals surface area contributed by atoms with Crippen LogP contribution in [0.25, 0.3) is 0 Å². The fraction of sp³-hybridized carbons (Fsp3) is 0.500. The van der Waals surface area contributed by atoms with Gasteiger partial charge in [-0.05, 0) is 12.0 Å². The molecule has 1 aliphatic rings. The highest BCUT2D eigenvalue weighted by Gasteiger charge is 2.33. The summed E-state index contributed by atoms with van der Waals surface area (Å²) < 4.78 is 0. The van der Waals surface area contributed by atoms with Crippen molar-refractivity contribution < 1.29 is 9.59 Å². The molecule has 1 fully saturated rings. The largest absolute Gasteiger partial charge is 0.356 e. The Balaban J connectivity index is 1.97. The van der Waals surface area contributed by atoms with Crippen LogP contribution in [0.1, 0.15) is 31.2 Å². The first-order valence-electron chi connectivity index (χ1n) is 7.41. The molecule has 6 heteroatoms. The van der Waals surface area contributed by atoms with E-state index in [0.717, 1.165) is 5.56 Å². The maximum absolute atomic E-state index is 12.1. The molecule has 1 heterocycles. The fourth-order valence-electron chi connectivity index (χ4n) is 2.26. The third kappa shape index (κ3) is 4.40. The van der Waals surface area contributed by atoms with Gasteiger partial charge in [0.15, 0.2) is 0 Å². The van der Waals surface area contributed by atoms with Gasteiger partial charge in [0, 0.05) is 30.1 Å². The van der Waals surface area contributed by atoms with Crippen LogP contribution in [0.15, 0.2) is 24.3 Å². The van der Waals surface area contributed by atoms with Gasteiger partial charge < -0.3 is 10.2 Å². The summed E-state index contributed by atoms with van der Waals surface area (Å²) in [6.45, 7) is 5.18. The van der Waals surface area contributed by atoms with Gasteiger partial charge in [0.2, 0.25) is 11.8 Å². The second kappa shape index (κ2) is 7.88. The van der Waals surface area contributed by atoms with E-state index in [1.165, 1.54) is 0 Å². The summed E-state index contributed by atoms with van der Waals surface area (Å²) in [6.07, 6.45) is 0.319. The predicted octanol–water partition coefficient (Wildman–Crippen LogP) is 3.08. The van der Waals surface area contributed by atoms with Crippen molar-refractivity contribution in [2.45, 2.75) is 25.6 Å². The van der Waals surface area contributed by atoms with E-state index in [9.17, 15) is 9.59 Å². The molecule has 2 rings (SSSR count). The SMILES string of the molecule is CC(C)CNC(=O)CCN1C(=O)CSC1c1ccccc1Cl. The third-order valence-electron chi connectivity index (χ3n) is 3.43. The van der Waals surface area contributed by atoms with Crippen molar-refractivity contribution in [2.24, 2.45) is 5.92 Å². The van der Waals surface area contributed by atoms with Crippen molar-refractivity contribution in [3.63, 3.8) is 0 Å². The van der Waals surface area contributed by atoms with E-state index in [1.54, 1.807) is 16.7 Å². The zero-order chi connectivity index (χ0) is 16.1. The minimum Gasteiger partial charge on any atom is -0.356 e. The Morgan fingerprint density at radius 2 is 2.18 bits per heavy atom. The standard InChI is InChI=1S/C16H21ClN2O2S/c1-11(2)9-18-14(20)7-8-19-15(21)10-22-16(19)12-5-3-4-6-13(12)17/h3-6,11,16H,7-10H2,1-2H3,(H,18,20). The summed E-state index contributed by atoms with van der Waals surface area (Å²) in [7, 11) is 0. The molecule has 1 saturated heterocycles. The van der Waals surface area contributed by atoms with Crippen LogP contribution in [-0.4, -0.2) is 35.6 Å². The summed E-state index contributed by atoms with van der Waals surface area (Å²) >= 11 is 7.79. The molecule has 22 heavy (non-hydrogen) atoms. The van der Waals surface area contributed by atoms with E-state index in [4.69, 9.17) is 11.6 Å². The van der Waals surface area contributed by atoms with E-state index in [1.807, 2.05) is 38.1 Å². The zero-order valence-electron chi connectivity index (χ0n) is 12.8. The second-order valence-electron chi connectivity index (χ2n) is 5.72. The Bertz CT molecular complexity index is 551. The first-order valence-corrected chi connectivity index (χ1v) is 8.84. The second-order valence-corrected chi connectivity index (χ2v) is 7.20. The number of carbonyl (C=O) groups is 2. The first kappa shape index (κ1) is 17.2. The van der Waals surface area contributed by atoms with Gasteiger partial charge in [-0.15, -0.1) is 11.8 Å². The summed E-state index contributed by atoms with van der Waals surface area (Å²) in [4.78, 5) is 25.7. The van der Waals surface area contributed by atoms with Gasteiger partial charge in [-0.1, -0.05) is 43.6 Å². The van der Waals surface area contributed by atoms with Crippen LogP contribution < -0.4 is 5.32 Å². The minimum absolute atomic E-state index is 0.0173. The summed E-state index contributed by atoms with van der Waals surface area (Å²) in [5, 5.41) is 3.44. The lowest BCUT2D eigenvalue weighted by Crippen LogP contribution is -2.34. The number of rotatable bonds is 6. The quantitative estimate of drug-likeness (QED) is 0.865. The molecule has 0 bridgehead atoms. The molecule has 1 aromatic rings. The van der Waals surface area contributed by atoms with Gasteiger partial charge >= 0.3 is 0 Å². The van der Waals surface area contributed by atoms with Gasteiger partial charge in [-0.25, -0.2) is 0 Å². The molecule has 0 spiro atoms. The molecule has 120 valence electrons. The van der Waals surface area contributed by atoms with Gasteiger partial charge in [0.1, 0.15) is 5.37 Å². The van der Waals surface area contributed by atoms with Crippen LogP contribution in [-0.2, 0) is 9.59 Å². The maximum Gasteiger partial charge on any atom is 0.233 e. The predicted molar refractivity (Wildman–Crippen MR) is 90.8 cm³/mol. The molecule has 0 aliphatic carbocycles. The van der Waals surface area contributed by atoms with Gasteiger partial charge in [-0.2, -0.15) is 0 Å². The van der Waals surface area contributed by atoms with Crippen LogP contribution in [0.2, 0.25) is 5.02 Å². The van der Waals surface area contributed by atoms with Crippen molar-refractivity contribution in [3.05, 3.63) is 34.9 Å². The Hall–Kier alpha value is -1.20. The lowest BCUT2D eigenvalue weighted by Gasteiger charge is -2.24. The monoisotopic (exact) mass is 340 g/mol. The number of benzene rings is 1. The van der Waals surface area contributed by atoms with Crippen molar-refractivity contribution in [1.29, 1.82) is 0 Å². The molecule has 1 unspecified atom stereocenters. The number of hydrogen-bond donors (Lipinski definition) is 1. The molecule has 0 aromatic heterocycles. The average Bonchev–Trinajstić information content (AvgIpc) is 2.84. The summed E-state index contributed by atoms with van der Waals surface area (Å²) in [6, 6.07) is 7.55. The number of thioether (sulfide) groups is 1. The third-order valence-corrected chi connectivity index (χ3v) is 5.01. The van der Waals surface area contributed by atoms with Crippen LogP contribution in [0.4, 0.5) is 0 Å². The number of nitrogens with zero attached hydrogens (tertiary/aromatic N) is 1. The highest BCUT2D eigenvalue weighted by atomic mass is 35.5. The smallest absolute Gasteiger partial charge is 0.233 e. The number of amides is 2. The molecule has 4 nitrogen and oxygen atoms in total. The number of nitrogens with one attached hydrogen (secondary N) is 1. The molecular formula is C16H21ClN2O2S. The van der Waals surface area contributed by atoms with Crippen LogP contribution in [0.3, 0.4) is 0 Å². The van der Waals surface area contributed by atoms with Crippen LogP contribution >= 0.6 is 23.4 Å². The van der Waals surface area contributed by atoms with Gasteiger partial charge in [-0.3, -0.25) is 9.59 Å². The van der Waals surface area contributed by atoms with Crippen LogP contribution in [0, 0.1) is 5.92 Å². The van der Waals surface area contributed by atoms with Gasteiger partial charge in [0.05, 0.1) is 5.75 Å². The van der Waals surface area contributed by atoms with Crippen molar-refractivity contribution >= 4 is 35.2 Å². The molecule has 1 aliphatic heterocycles. The number of carbonyl (C=O) groups excluding carboxylic acids is 2. The molecule has 0 saturated carbocycles. The molecular weight excluding hydrogens is 320 g/mol. The number of hydrogen-bond acceptors (Lipinski definition) is 3. The first-order chi connectivity index (χ1) is 10.5. The van der Waals surface area contributed by atoms with E-state index < -0.39 is 0 Å². The van der Waals surface area contributed by atoms with Crippen LogP contribution in [0.5, 0.6) is 0 Å². The zero-order valence-corrected chi connectivity index (χ0v) is 14.4. The van der Waals surface area contributed by atoms with E-state index in [-0.39, 0.29) is 17.2 Å². The summed E-state index contributed by atoms with van der Waals surface area (Å²) in [5.74, 6) is 0.899. The van der Waals surface area contributed by atoms with E-state index in [0.29, 0.717) is 36.2 Å². The molecule has 1 atom stereocenters. The van der Waals surface area contributed by atoms with Crippen molar-refractivity contribution in [3.8, 4) is 0 Å². The topological polar surface area (TPSA) is 49.4 Å². The average molecular weight is 341 g/mol. The Kier molecular flexibility index (Phi) is 6.15. The maximum atomic E-state index is 12.1. The van der Waals surface area contributed by atoms with Crippen molar-refractivity contribution in [2.75, 3.05) is 18.8 Å². The lowest BCUT2D eigenvalue weighted by atomic mass is 10.2. The fourth-order valence-corrected chi connectivity index (χ4v) is 3.82. The minimum atomic E-state index is -0.0981. The number of halogens is 1. The van der Waals surface area contributed by atoms with E-state index >= 15 is 0 Å². The van der Waals surface area contributed by atoms with E-state index in [2.05, 4.69) is 5.32 Å². The Morgan fingerprint density at radius 3 is 2.86 bits per heavy atom. The molecule has 2 amide bonds. The highest BCUT2D eigenvalue weighted by Crippen LogP contribution is 2.41. The summed E-state index contributed by atoms with van der Waals surface area (Å²) in [5.41, 5.74) is 0.933. The molecule has 1 aromatic carbocycles. The van der Waals surface area contributed by atoms with Crippen molar-refractivity contribution in [1.82, 2.24) is 10.2 Å². The highest BCUT2D eigenvalue weighted by molar-refractivity contribution is 8.00. The lowest BCUT2D eigenvalue weighted by molar-refractivity contribution is -0.129. The molecule has 0 radical (unpaired) electrons. The Morgan fingerprint density at radius 1 is 1.45 bits per heavy atom.